The lowest BCUT2D eigenvalue weighted by Gasteiger charge is -2.12. The highest BCUT2D eigenvalue weighted by atomic mass is 35.5. The second-order valence-electron chi connectivity index (χ2n) is 6.63. The highest BCUT2D eigenvalue weighted by Crippen LogP contribution is 2.39. The van der Waals surface area contributed by atoms with Crippen molar-refractivity contribution in [2.75, 3.05) is 13.2 Å². The molecule has 7 heteroatoms. The number of hydrogen-bond acceptors (Lipinski definition) is 5. The molecule has 0 bridgehead atoms. The molecular weight excluding hydrogens is 408 g/mol. The number of carbonyl (C=O) groups is 1. The lowest BCUT2D eigenvalue weighted by atomic mass is 10.1. The smallest absolute Gasteiger partial charge is 0.266 e. The Morgan fingerprint density at radius 1 is 1.24 bits per heavy atom. The summed E-state index contributed by atoms with van der Waals surface area (Å²) in [5.41, 5.74) is 3.70. The number of amidine groups is 1. The zero-order valence-electron chi connectivity index (χ0n) is 16.8. The van der Waals surface area contributed by atoms with Crippen molar-refractivity contribution in [1.82, 2.24) is 4.90 Å². The maximum absolute atomic E-state index is 12.9. The van der Waals surface area contributed by atoms with Gasteiger partial charge in [-0.3, -0.25) is 9.69 Å². The molecule has 2 aromatic rings. The van der Waals surface area contributed by atoms with Crippen LogP contribution in [0.4, 0.5) is 5.69 Å². The molecule has 152 valence electrons. The van der Waals surface area contributed by atoms with Crippen molar-refractivity contribution in [3.63, 3.8) is 0 Å². The van der Waals surface area contributed by atoms with Crippen LogP contribution in [0.25, 0.3) is 6.08 Å². The van der Waals surface area contributed by atoms with E-state index in [2.05, 4.69) is 0 Å². The Hall–Kier alpha value is -2.44. The zero-order chi connectivity index (χ0) is 21.1. The van der Waals surface area contributed by atoms with Crippen molar-refractivity contribution in [3.05, 3.63) is 56.9 Å². The average Bonchev–Trinajstić information content (AvgIpc) is 2.96. The molecule has 1 amide bonds. The largest absolute Gasteiger partial charge is 0.503 e. The molecule has 0 aromatic heterocycles. The summed E-state index contributed by atoms with van der Waals surface area (Å²) >= 11 is 7.44. The van der Waals surface area contributed by atoms with E-state index in [4.69, 9.17) is 21.3 Å². The number of phenols is 1. The van der Waals surface area contributed by atoms with Crippen LogP contribution in [-0.4, -0.2) is 34.2 Å². The number of nitrogens with zero attached hydrogens (tertiary/aromatic N) is 2. The third-order valence-corrected chi connectivity index (χ3v) is 5.73. The number of carbonyl (C=O) groups excluding carboxylic acids is 1. The molecule has 0 atom stereocenters. The molecule has 1 heterocycles. The number of halogens is 1. The lowest BCUT2D eigenvalue weighted by Crippen LogP contribution is -2.28. The molecule has 0 radical (unpaired) electrons. The first kappa shape index (κ1) is 21.3. The summed E-state index contributed by atoms with van der Waals surface area (Å²) in [6, 6.07) is 9.35. The molecule has 1 saturated heterocycles. The van der Waals surface area contributed by atoms with E-state index in [-0.39, 0.29) is 16.7 Å². The molecule has 0 aliphatic carbocycles. The molecule has 5 nitrogen and oxygen atoms in total. The minimum absolute atomic E-state index is 0.103. The number of aromatic hydroxyl groups is 1. The summed E-state index contributed by atoms with van der Waals surface area (Å²) in [7, 11) is 0. The summed E-state index contributed by atoms with van der Waals surface area (Å²) in [5.74, 6) is 0.0797. The van der Waals surface area contributed by atoms with Crippen molar-refractivity contribution in [3.8, 4) is 11.5 Å². The van der Waals surface area contributed by atoms with Crippen LogP contribution in [0.15, 0.2) is 40.2 Å². The topological polar surface area (TPSA) is 62.1 Å². The Kier molecular flexibility index (Phi) is 6.55. The van der Waals surface area contributed by atoms with E-state index in [1.54, 1.807) is 23.1 Å². The molecule has 0 spiro atoms. The van der Waals surface area contributed by atoms with Gasteiger partial charge in [0.2, 0.25) is 0 Å². The minimum Gasteiger partial charge on any atom is -0.503 e. The predicted octanol–water partition coefficient (Wildman–Crippen LogP) is 5.69. The number of aliphatic imine (C=N–C) groups is 1. The summed E-state index contributed by atoms with van der Waals surface area (Å²) in [6.07, 6.45) is 1.75. The van der Waals surface area contributed by atoms with Gasteiger partial charge in [0, 0.05) is 6.54 Å². The van der Waals surface area contributed by atoms with E-state index in [9.17, 15) is 9.90 Å². The van der Waals surface area contributed by atoms with Crippen LogP contribution in [0.1, 0.15) is 30.5 Å². The first-order valence-electron chi connectivity index (χ1n) is 9.36. The molecule has 0 saturated carbocycles. The number of ether oxygens (including phenoxy) is 1. The fraction of sp³-hybridized carbons (Fsp3) is 0.273. The van der Waals surface area contributed by atoms with E-state index in [1.807, 2.05) is 45.9 Å². The van der Waals surface area contributed by atoms with Gasteiger partial charge < -0.3 is 9.84 Å². The van der Waals surface area contributed by atoms with Gasteiger partial charge in [-0.15, -0.1) is 0 Å². The Morgan fingerprint density at radius 2 is 2.00 bits per heavy atom. The molecule has 29 heavy (non-hydrogen) atoms. The van der Waals surface area contributed by atoms with Gasteiger partial charge in [0.05, 0.1) is 22.2 Å². The molecule has 3 rings (SSSR count). The normalized spacial score (nSPS) is 16.9. The van der Waals surface area contributed by atoms with Crippen LogP contribution in [0.5, 0.6) is 11.5 Å². The van der Waals surface area contributed by atoms with Gasteiger partial charge >= 0.3 is 0 Å². The van der Waals surface area contributed by atoms with Gasteiger partial charge in [-0.2, -0.15) is 0 Å². The Labute approximate surface area is 180 Å². The Bertz CT molecular complexity index is 1020. The van der Waals surface area contributed by atoms with Gasteiger partial charge in [-0.25, -0.2) is 4.99 Å². The van der Waals surface area contributed by atoms with Crippen LogP contribution in [0, 0.1) is 13.8 Å². The number of rotatable bonds is 5. The third kappa shape index (κ3) is 4.60. The van der Waals surface area contributed by atoms with Crippen molar-refractivity contribution < 1.29 is 14.6 Å². The zero-order valence-corrected chi connectivity index (χ0v) is 18.4. The minimum atomic E-state index is -0.108. The van der Waals surface area contributed by atoms with E-state index in [0.29, 0.717) is 34.5 Å². The van der Waals surface area contributed by atoms with Crippen LogP contribution in [0.2, 0.25) is 5.02 Å². The van der Waals surface area contributed by atoms with Crippen molar-refractivity contribution >= 4 is 46.2 Å². The highest BCUT2D eigenvalue weighted by Gasteiger charge is 2.32. The molecule has 0 unspecified atom stereocenters. The fourth-order valence-electron chi connectivity index (χ4n) is 2.91. The fourth-order valence-corrected chi connectivity index (χ4v) is 4.18. The summed E-state index contributed by atoms with van der Waals surface area (Å²) in [6.45, 7) is 8.68. The molecule has 1 aliphatic rings. The first-order chi connectivity index (χ1) is 13.8. The van der Waals surface area contributed by atoms with Gasteiger partial charge in [-0.05, 0) is 80.4 Å². The van der Waals surface area contributed by atoms with Crippen LogP contribution >= 0.6 is 23.4 Å². The van der Waals surface area contributed by atoms with E-state index in [0.717, 1.165) is 16.8 Å². The number of phenolic OH excluding ortho intramolecular Hbond substituents is 1. The molecule has 1 N–H and O–H groups in total. The standard InChI is InChI=1S/C22H23ClN2O3S/c1-5-25-21(27)19(12-15-10-16(23)20(26)18(11-15)28-6-2)29-22(25)24-17-9-13(3)7-8-14(17)4/h7-12,26H,5-6H2,1-4H3/b19-12+,24-22?. The molecule has 1 fully saturated rings. The summed E-state index contributed by atoms with van der Waals surface area (Å²) < 4.78 is 5.43. The van der Waals surface area contributed by atoms with Gasteiger partial charge in [0.25, 0.3) is 5.91 Å². The molecule has 2 aromatic carbocycles. The second kappa shape index (κ2) is 8.93. The monoisotopic (exact) mass is 430 g/mol. The molecular formula is C22H23ClN2O3S. The lowest BCUT2D eigenvalue weighted by molar-refractivity contribution is -0.122. The Morgan fingerprint density at radius 3 is 2.69 bits per heavy atom. The number of hydrogen-bond donors (Lipinski definition) is 1. The van der Waals surface area contributed by atoms with Gasteiger partial charge in [0.15, 0.2) is 16.7 Å². The highest BCUT2D eigenvalue weighted by molar-refractivity contribution is 8.18. The Balaban J connectivity index is 1.99. The first-order valence-corrected chi connectivity index (χ1v) is 10.6. The summed E-state index contributed by atoms with van der Waals surface area (Å²) in [5, 5.41) is 10.8. The number of likely N-dealkylation sites (N-methyl/N-ethyl adjacent to an activating group) is 1. The van der Waals surface area contributed by atoms with Crippen molar-refractivity contribution in [2.45, 2.75) is 27.7 Å². The van der Waals surface area contributed by atoms with Crippen molar-refractivity contribution in [1.29, 1.82) is 0 Å². The van der Waals surface area contributed by atoms with Gasteiger partial charge in [0.1, 0.15) is 0 Å². The van der Waals surface area contributed by atoms with E-state index < -0.39 is 0 Å². The quantitative estimate of drug-likeness (QED) is 0.619. The second-order valence-corrected chi connectivity index (χ2v) is 8.04. The van der Waals surface area contributed by atoms with Crippen LogP contribution in [-0.2, 0) is 4.79 Å². The van der Waals surface area contributed by atoms with Crippen molar-refractivity contribution in [2.24, 2.45) is 4.99 Å². The third-order valence-electron chi connectivity index (χ3n) is 4.43. The van der Waals surface area contributed by atoms with E-state index in [1.165, 1.54) is 11.8 Å². The number of thioether (sulfide) groups is 1. The average molecular weight is 431 g/mol. The molecule has 1 aliphatic heterocycles. The number of aryl methyl sites for hydroxylation is 2. The summed E-state index contributed by atoms with van der Waals surface area (Å²) in [4.78, 5) is 19.8. The number of benzene rings is 2. The number of amides is 1. The van der Waals surface area contributed by atoms with Crippen LogP contribution < -0.4 is 4.74 Å². The maximum atomic E-state index is 12.9. The van der Waals surface area contributed by atoms with Crippen LogP contribution in [0.3, 0.4) is 0 Å². The van der Waals surface area contributed by atoms with E-state index >= 15 is 0 Å². The maximum Gasteiger partial charge on any atom is 0.266 e. The SMILES string of the molecule is CCOc1cc(/C=C2/SC(=Nc3cc(C)ccc3C)N(CC)C2=O)cc(Cl)c1O. The van der Waals surface area contributed by atoms with Gasteiger partial charge in [-0.1, -0.05) is 23.7 Å². The predicted molar refractivity (Wildman–Crippen MR) is 120 cm³/mol.